The first-order chi connectivity index (χ1) is 8.67. The molecule has 0 aliphatic carbocycles. The Balaban J connectivity index is 2.72. The second-order valence-corrected chi connectivity index (χ2v) is 3.99. The van der Waals surface area contributed by atoms with E-state index in [9.17, 15) is 9.59 Å². The molecular formula is C14H13NO3. The van der Waals surface area contributed by atoms with E-state index in [4.69, 9.17) is 4.74 Å². The van der Waals surface area contributed by atoms with E-state index in [-0.39, 0.29) is 6.42 Å². The molecule has 0 unspecified atom stereocenters. The number of pyridine rings is 1. The van der Waals surface area contributed by atoms with E-state index in [1.807, 2.05) is 25.1 Å². The minimum absolute atomic E-state index is 0.106. The number of methoxy groups -OCH3 is 1. The summed E-state index contributed by atoms with van der Waals surface area (Å²) in [6.07, 6.45) is 0.841. The van der Waals surface area contributed by atoms with E-state index in [0.29, 0.717) is 11.3 Å². The molecule has 0 N–H and O–H groups in total. The van der Waals surface area contributed by atoms with Crippen molar-refractivity contribution in [2.24, 2.45) is 0 Å². The monoisotopic (exact) mass is 243 g/mol. The lowest BCUT2D eigenvalue weighted by Crippen LogP contribution is -2.08. The minimum Gasteiger partial charge on any atom is -0.465 e. The molecule has 2 aromatic rings. The molecule has 0 saturated carbocycles. The third-order valence-corrected chi connectivity index (χ3v) is 2.81. The highest BCUT2D eigenvalue weighted by Crippen LogP contribution is 2.20. The number of ether oxygens (including phenoxy) is 1. The number of aromatic nitrogens is 1. The molecule has 0 amide bonds. The summed E-state index contributed by atoms with van der Waals surface area (Å²) in [5.74, 6) is -0.470. The lowest BCUT2D eigenvalue weighted by Gasteiger charge is -2.08. The van der Waals surface area contributed by atoms with Crippen LogP contribution in [-0.4, -0.2) is 24.3 Å². The average Bonchev–Trinajstić information content (AvgIpc) is 2.38. The molecule has 0 radical (unpaired) electrons. The van der Waals surface area contributed by atoms with E-state index in [2.05, 4.69) is 4.98 Å². The predicted octanol–water partition coefficient (Wildman–Crippen LogP) is 2.07. The van der Waals surface area contributed by atoms with Crippen molar-refractivity contribution in [1.29, 1.82) is 0 Å². The van der Waals surface area contributed by atoms with Crippen LogP contribution < -0.4 is 0 Å². The SMILES string of the molecule is COC(=O)c1cc2cccc(C)c2nc1CC=O. The smallest absolute Gasteiger partial charge is 0.339 e. The van der Waals surface area contributed by atoms with E-state index in [0.717, 1.165) is 22.8 Å². The third-order valence-electron chi connectivity index (χ3n) is 2.81. The molecule has 0 atom stereocenters. The van der Waals surface area contributed by atoms with Gasteiger partial charge in [-0.1, -0.05) is 18.2 Å². The van der Waals surface area contributed by atoms with Gasteiger partial charge in [0.25, 0.3) is 0 Å². The molecular weight excluding hydrogens is 230 g/mol. The number of esters is 1. The van der Waals surface area contributed by atoms with E-state index in [1.54, 1.807) is 6.07 Å². The number of fused-ring (bicyclic) bond motifs is 1. The summed E-state index contributed by atoms with van der Waals surface area (Å²) in [5, 5.41) is 0.866. The molecule has 92 valence electrons. The summed E-state index contributed by atoms with van der Waals surface area (Å²) < 4.78 is 4.71. The van der Waals surface area contributed by atoms with Gasteiger partial charge >= 0.3 is 5.97 Å². The van der Waals surface area contributed by atoms with Gasteiger partial charge < -0.3 is 9.53 Å². The number of carbonyl (C=O) groups excluding carboxylic acids is 2. The molecule has 2 rings (SSSR count). The molecule has 1 aromatic carbocycles. The van der Waals surface area contributed by atoms with Crippen molar-refractivity contribution in [3.63, 3.8) is 0 Å². The molecule has 0 spiro atoms. The summed E-state index contributed by atoms with van der Waals surface area (Å²) >= 11 is 0. The van der Waals surface area contributed by atoms with E-state index < -0.39 is 5.97 Å². The molecule has 1 aromatic heterocycles. The molecule has 18 heavy (non-hydrogen) atoms. The van der Waals surface area contributed by atoms with Gasteiger partial charge in [0.2, 0.25) is 0 Å². The first-order valence-corrected chi connectivity index (χ1v) is 5.58. The number of para-hydroxylation sites is 1. The number of aldehydes is 1. The van der Waals surface area contributed by atoms with Crippen LogP contribution in [0, 0.1) is 6.92 Å². The maximum Gasteiger partial charge on any atom is 0.339 e. The molecule has 0 bridgehead atoms. The zero-order valence-electron chi connectivity index (χ0n) is 10.3. The van der Waals surface area contributed by atoms with Crippen LogP contribution in [0.5, 0.6) is 0 Å². The lowest BCUT2D eigenvalue weighted by atomic mass is 10.1. The summed E-state index contributed by atoms with van der Waals surface area (Å²) in [6, 6.07) is 7.45. The average molecular weight is 243 g/mol. The summed E-state index contributed by atoms with van der Waals surface area (Å²) in [7, 11) is 1.31. The Labute approximate surface area is 105 Å². The summed E-state index contributed by atoms with van der Waals surface area (Å²) in [6.45, 7) is 1.94. The van der Waals surface area contributed by atoms with Crippen LogP contribution in [0.2, 0.25) is 0 Å². The van der Waals surface area contributed by atoms with Crippen LogP contribution in [-0.2, 0) is 16.0 Å². The molecule has 4 nitrogen and oxygen atoms in total. The van der Waals surface area contributed by atoms with Crippen molar-refractivity contribution in [3.05, 3.63) is 41.1 Å². The van der Waals surface area contributed by atoms with Gasteiger partial charge in [-0.25, -0.2) is 4.79 Å². The maximum atomic E-state index is 11.7. The van der Waals surface area contributed by atoms with Crippen LogP contribution in [0.1, 0.15) is 21.6 Å². The zero-order chi connectivity index (χ0) is 13.1. The molecule has 0 aliphatic rings. The number of carbonyl (C=O) groups is 2. The van der Waals surface area contributed by atoms with Gasteiger partial charge in [0.05, 0.1) is 23.9 Å². The highest BCUT2D eigenvalue weighted by molar-refractivity contribution is 5.96. The van der Waals surface area contributed by atoms with Crippen LogP contribution in [0.4, 0.5) is 0 Å². The second-order valence-electron chi connectivity index (χ2n) is 3.99. The number of aryl methyl sites for hydroxylation is 1. The number of hydrogen-bond donors (Lipinski definition) is 0. The molecule has 4 heteroatoms. The number of rotatable bonds is 3. The first-order valence-electron chi connectivity index (χ1n) is 5.58. The van der Waals surface area contributed by atoms with Gasteiger partial charge in [-0.3, -0.25) is 4.98 Å². The van der Waals surface area contributed by atoms with Crippen LogP contribution in [0.15, 0.2) is 24.3 Å². The van der Waals surface area contributed by atoms with Crippen LogP contribution in [0.25, 0.3) is 10.9 Å². The van der Waals surface area contributed by atoms with Gasteiger partial charge in [0, 0.05) is 11.8 Å². The Morgan fingerprint density at radius 1 is 1.44 bits per heavy atom. The summed E-state index contributed by atoms with van der Waals surface area (Å²) in [4.78, 5) is 26.7. The van der Waals surface area contributed by atoms with Crippen LogP contribution in [0.3, 0.4) is 0 Å². The maximum absolute atomic E-state index is 11.7. The van der Waals surface area contributed by atoms with Gasteiger partial charge in [0.1, 0.15) is 6.29 Å². The van der Waals surface area contributed by atoms with Crippen molar-refractivity contribution in [3.8, 4) is 0 Å². The Morgan fingerprint density at radius 3 is 2.89 bits per heavy atom. The lowest BCUT2D eigenvalue weighted by molar-refractivity contribution is -0.107. The highest BCUT2D eigenvalue weighted by Gasteiger charge is 2.15. The van der Waals surface area contributed by atoms with E-state index >= 15 is 0 Å². The van der Waals surface area contributed by atoms with Gasteiger partial charge in [-0.05, 0) is 18.6 Å². The Bertz CT molecular complexity index is 620. The highest BCUT2D eigenvalue weighted by atomic mass is 16.5. The van der Waals surface area contributed by atoms with Gasteiger partial charge in [0.15, 0.2) is 0 Å². The first kappa shape index (κ1) is 12.2. The zero-order valence-corrected chi connectivity index (χ0v) is 10.3. The quantitative estimate of drug-likeness (QED) is 0.611. The number of nitrogens with zero attached hydrogens (tertiary/aromatic N) is 1. The number of hydrogen-bond acceptors (Lipinski definition) is 4. The topological polar surface area (TPSA) is 56.3 Å². The largest absolute Gasteiger partial charge is 0.465 e. The van der Waals surface area contributed by atoms with Crippen molar-refractivity contribution in [1.82, 2.24) is 4.98 Å². The van der Waals surface area contributed by atoms with Crippen molar-refractivity contribution >= 4 is 23.2 Å². The fourth-order valence-corrected chi connectivity index (χ4v) is 1.91. The van der Waals surface area contributed by atoms with Gasteiger partial charge in [-0.2, -0.15) is 0 Å². The van der Waals surface area contributed by atoms with Crippen LogP contribution >= 0.6 is 0 Å². The minimum atomic E-state index is -0.470. The molecule has 1 heterocycles. The predicted molar refractivity (Wildman–Crippen MR) is 67.6 cm³/mol. The van der Waals surface area contributed by atoms with E-state index in [1.165, 1.54) is 7.11 Å². The molecule has 0 aliphatic heterocycles. The second kappa shape index (κ2) is 4.96. The molecule has 0 fully saturated rings. The Kier molecular flexibility index (Phi) is 3.37. The number of benzene rings is 1. The fraction of sp³-hybridized carbons (Fsp3) is 0.214. The van der Waals surface area contributed by atoms with Crippen molar-refractivity contribution in [2.45, 2.75) is 13.3 Å². The Morgan fingerprint density at radius 2 is 2.22 bits per heavy atom. The van der Waals surface area contributed by atoms with Crippen molar-refractivity contribution < 1.29 is 14.3 Å². The summed E-state index contributed by atoms with van der Waals surface area (Å²) in [5.41, 5.74) is 2.62. The third kappa shape index (κ3) is 2.09. The molecule has 0 saturated heterocycles. The fourth-order valence-electron chi connectivity index (χ4n) is 1.91. The van der Waals surface area contributed by atoms with Crippen molar-refractivity contribution in [2.75, 3.05) is 7.11 Å². The van der Waals surface area contributed by atoms with Gasteiger partial charge in [-0.15, -0.1) is 0 Å². The standard InChI is InChI=1S/C14H13NO3/c1-9-4-3-5-10-8-11(14(17)18-2)12(6-7-16)15-13(9)10/h3-5,7-8H,6H2,1-2H3. The Hall–Kier alpha value is -2.23. The normalized spacial score (nSPS) is 10.3.